The molecule has 1 aliphatic rings. The molecule has 0 aromatic carbocycles. The molecule has 60 valence electrons. The summed E-state index contributed by atoms with van der Waals surface area (Å²) in [5, 5.41) is 0. The molecule has 0 spiro atoms. The molecule has 0 heterocycles. The van der Waals surface area contributed by atoms with Crippen LogP contribution < -0.4 is 0 Å². The zero-order valence-electron chi connectivity index (χ0n) is 7.59. The molecule has 0 aromatic rings. The second kappa shape index (κ2) is 2.91. The normalized spacial score (nSPS) is 41.1. The Morgan fingerprint density at radius 1 is 1.00 bits per heavy atom. The van der Waals surface area contributed by atoms with Gasteiger partial charge in [-0.1, -0.05) is 13.8 Å². The third-order valence-electron chi connectivity index (χ3n) is 2.84. The minimum atomic E-state index is 0.833. The molecule has 1 nitrogen and oxygen atoms in total. The average Bonchev–Trinajstić information content (AvgIpc) is 2.11. The lowest BCUT2D eigenvalue weighted by atomic mass is 10.00. The summed E-state index contributed by atoms with van der Waals surface area (Å²) in [5.74, 6) is 1.81. The minimum Gasteiger partial charge on any atom is -0.306 e. The van der Waals surface area contributed by atoms with Crippen LogP contribution in [-0.4, -0.2) is 25.0 Å². The van der Waals surface area contributed by atoms with Crippen molar-refractivity contribution in [2.24, 2.45) is 11.8 Å². The maximum Gasteiger partial charge on any atom is 0.0140 e. The molecule has 0 aromatic heterocycles. The third kappa shape index (κ3) is 1.34. The molecule has 1 heteroatoms. The lowest BCUT2D eigenvalue weighted by molar-refractivity contribution is 0.208. The van der Waals surface area contributed by atoms with Gasteiger partial charge >= 0.3 is 0 Å². The van der Waals surface area contributed by atoms with Crippen molar-refractivity contribution in [1.82, 2.24) is 4.90 Å². The standard InChI is InChI=1S/C9H19N/c1-7-5-6-8(2)9(7)10(3)4/h7-9H,5-6H2,1-4H3. The van der Waals surface area contributed by atoms with Crippen molar-refractivity contribution in [2.45, 2.75) is 32.7 Å². The molecule has 0 amide bonds. The van der Waals surface area contributed by atoms with Crippen molar-refractivity contribution < 1.29 is 0 Å². The molecule has 0 bridgehead atoms. The highest BCUT2D eigenvalue weighted by Crippen LogP contribution is 2.32. The minimum absolute atomic E-state index is 0.833. The Bertz CT molecular complexity index is 99.3. The second-order valence-electron chi connectivity index (χ2n) is 3.99. The van der Waals surface area contributed by atoms with Crippen molar-refractivity contribution in [1.29, 1.82) is 0 Å². The second-order valence-corrected chi connectivity index (χ2v) is 3.99. The van der Waals surface area contributed by atoms with Gasteiger partial charge in [-0.25, -0.2) is 0 Å². The number of hydrogen-bond donors (Lipinski definition) is 0. The lowest BCUT2D eigenvalue weighted by Gasteiger charge is -2.27. The van der Waals surface area contributed by atoms with Crippen LogP contribution in [0.25, 0.3) is 0 Å². The third-order valence-corrected chi connectivity index (χ3v) is 2.84. The van der Waals surface area contributed by atoms with Crippen LogP contribution in [0.1, 0.15) is 26.7 Å². The highest BCUT2D eigenvalue weighted by Gasteiger charge is 2.31. The molecule has 0 saturated heterocycles. The summed E-state index contributed by atoms with van der Waals surface area (Å²) in [7, 11) is 4.39. The van der Waals surface area contributed by atoms with Crippen LogP contribution in [0.2, 0.25) is 0 Å². The van der Waals surface area contributed by atoms with Crippen molar-refractivity contribution in [2.75, 3.05) is 14.1 Å². The summed E-state index contributed by atoms with van der Waals surface area (Å²) >= 11 is 0. The average molecular weight is 141 g/mol. The summed E-state index contributed by atoms with van der Waals surface area (Å²) in [5.41, 5.74) is 0. The summed E-state index contributed by atoms with van der Waals surface area (Å²) in [6, 6.07) is 0.833. The first kappa shape index (κ1) is 8.06. The highest BCUT2D eigenvalue weighted by atomic mass is 15.1. The van der Waals surface area contributed by atoms with Gasteiger partial charge in [-0.15, -0.1) is 0 Å². The van der Waals surface area contributed by atoms with Gasteiger partial charge in [0.25, 0.3) is 0 Å². The molecule has 0 radical (unpaired) electrons. The van der Waals surface area contributed by atoms with Crippen molar-refractivity contribution >= 4 is 0 Å². The van der Waals surface area contributed by atoms with Gasteiger partial charge in [0.05, 0.1) is 0 Å². The van der Waals surface area contributed by atoms with E-state index in [-0.39, 0.29) is 0 Å². The molecular formula is C9H19N. The van der Waals surface area contributed by atoms with Crippen LogP contribution in [0.4, 0.5) is 0 Å². The molecule has 10 heavy (non-hydrogen) atoms. The van der Waals surface area contributed by atoms with Gasteiger partial charge in [0.1, 0.15) is 0 Å². The highest BCUT2D eigenvalue weighted by molar-refractivity contribution is 4.85. The van der Waals surface area contributed by atoms with Gasteiger partial charge in [0.2, 0.25) is 0 Å². The van der Waals surface area contributed by atoms with Crippen molar-refractivity contribution in [3.8, 4) is 0 Å². The molecule has 1 aliphatic carbocycles. The fourth-order valence-electron chi connectivity index (χ4n) is 2.45. The van der Waals surface area contributed by atoms with Crippen LogP contribution in [0, 0.1) is 11.8 Å². The van der Waals surface area contributed by atoms with E-state index in [1.807, 2.05) is 0 Å². The first-order valence-corrected chi connectivity index (χ1v) is 4.29. The quantitative estimate of drug-likeness (QED) is 0.539. The Morgan fingerprint density at radius 2 is 1.40 bits per heavy atom. The smallest absolute Gasteiger partial charge is 0.0140 e. The van der Waals surface area contributed by atoms with Crippen molar-refractivity contribution in [3.63, 3.8) is 0 Å². The Kier molecular flexibility index (Phi) is 2.35. The fraction of sp³-hybridized carbons (Fsp3) is 1.00. The molecule has 2 unspecified atom stereocenters. The first-order chi connectivity index (χ1) is 4.63. The largest absolute Gasteiger partial charge is 0.306 e. The van der Waals surface area contributed by atoms with E-state index in [0.717, 1.165) is 17.9 Å². The molecule has 0 N–H and O–H groups in total. The van der Waals surface area contributed by atoms with Crippen LogP contribution in [0.15, 0.2) is 0 Å². The van der Waals surface area contributed by atoms with Gasteiger partial charge in [0.15, 0.2) is 0 Å². The van der Waals surface area contributed by atoms with E-state index in [0.29, 0.717) is 0 Å². The van der Waals surface area contributed by atoms with Crippen molar-refractivity contribution in [3.05, 3.63) is 0 Å². The van der Waals surface area contributed by atoms with E-state index in [1.165, 1.54) is 12.8 Å². The number of hydrogen-bond acceptors (Lipinski definition) is 1. The van der Waals surface area contributed by atoms with E-state index in [2.05, 4.69) is 32.8 Å². The first-order valence-electron chi connectivity index (χ1n) is 4.29. The monoisotopic (exact) mass is 141 g/mol. The van der Waals surface area contributed by atoms with Gasteiger partial charge in [0, 0.05) is 6.04 Å². The predicted molar refractivity (Wildman–Crippen MR) is 45.0 cm³/mol. The zero-order chi connectivity index (χ0) is 7.72. The fourth-order valence-corrected chi connectivity index (χ4v) is 2.45. The summed E-state index contributed by atoms with van der Waals surface area (Å²) in [4.78, 5) is 2.38. The SMILES string of the molecule is CC1CCC(C)C1N(C)C. The van der Waals surface area contributed by atoms with Gasteiger partial charge in [-0.2, -0.15) is 0 Å². The van der Waals surface area contributed by atoms with Crippen LogP contribution in [0.5, 0.6) is 0 Å². The maximum atomic E-state index is 2.38. The van der Waals surface area contributed by atoms with E-state index in [4.69, 9.17) is 0 Å². The van der Waals surface area contributed by atoms with Gasteiger partial charge in [-0.05, 0) is 38.8 Å². The maximum absolute atomic E-state index is 2.38. The summed E-state index contributed by atoms with van der Waals surface area (Å²) in [6.45, 7) is 4.74. The Hall–Kier alpha value is -0.0400. The van der Waals surface area contributed by atoms with Gasteiger partial charge < -0.3 is 4.90 Å². The Balaban J connectivity index is 2.54. The summed E-state index contributed by atoms with van der Waals surface area (Å²) in [6.07, 6.45) is 2.84. The zero-order valence-corrected chi connectivity index (χ0v) is 7.59. The van der Waals surface area contributed by atoms with Gasteiger partial charge in [-0.3, -0.25) is 0 Å². The van der Waals surface area contributed by atoms with Crippen LogP contribution in [-0.2, 0) is 0 Å². The number of nitrogens with zero attached hydrogens (tertiary/aromatic N) is 1. The lowest BCUT2D eigenvalue weighted by Crippen LogP contribution is -2.34. The molecular weight excluding hydrogens is 122 g/mol. The van der Waals surface area contributed by atoms with E-state index >= 15 is 0 Å². The molecule has 1 fully saturated rings. The summed E-state index contributed by atoms with van der Waals surface area (Å²) < 4.78 is 0. The Labute approximate surface area is 64.4 Å². The van der Waals surface area contributed by atoms with E-state index in [9.17, 15) is 0 Å². The molecule has 1 rings (SSSR count). The molecule has 0 aliphatic heterocycles. The topological polar surface area (TPSA) is 3.24 Å². The van der Waals surface area contributed by atoms with E-state index < -0.39 is 0 Å². The number of rotatable bonds is 1. The van der Waals surface area contributed by atoms with E-state index in [1.54, 1.807) is 0 Å². The molecule has 2 atom stereocenters. The van der Waals surface area contributed by atoms with Crippen LogP contribution in [0.3, 0.4) is 0 Å². The molecule has 1 saturated carbocycles. The Morgan fingerprint density at radius 3 is 1.60 bits per heavy atom. The van der Waals surface area contributed by atoms with Crippen LogP contribution >= 0.6 is 0 Å². The predicted octanol–water partition coefficient (Wildman–Crippen LogP) is 1.98.